The largest absolute Gasteiger partial charge is 0.497 e. The van der Waals surface area contributed by atoms with E-state index >= 15 is 0 Å². The first kappa shape index (κ1) is 13.9. The summed E-state index contributed by atoms with van der Waals surface area (Å²) in [5.41, 5.74) is 2.46. The molecule has 0 saturated carbocycles. The lowest BCUT2D eigenvalue weighted by Crippen LogP contribution is -2.14. The van der Waals surface area contributed by atoms with E-state index in [4.69, 9.17) is 9.15 Å². The van der Waals surface area contributed by atoms with E-state index in [1.54, 1.807) is 25.3 Å². The summed E-state index contributed by atoms with van der Waals surface area (Å²) in [5.74, 6) is 0.0798. The quantitative estimate of drug-likeness (QED) is 0.774. The van der Waals surface area contributed by atoms with Crippen LogP contribution in [-0.4, -0.2) is 18.0 Å². The van der Waals surface area contributed by atoms with Gasteiger partial charge in [0.1, 0.15) is 5.75 Å². The molecule has 0 fully saturated rings. The van der Waals surface area contributed by atoms with Crippen LogP contribution >= 0.6 is 0 Å². The van der Waals surface area contributed by atoms with Gasteiger partial charge in [0.15, 0.2) is 5.58 Å². The van der Waals surface area contributed by atoms with Crippen molar-refractivity contribution >= 4 is 22.7 Å². The molecule has 6 heteroatoms. The molecule has 3 rings (SSSR count). The van der Waals surface area contributed by atoms with Crippen LogP contribution in [0.25, 0.3) is 11.1 Å². The van der Waals surface area contributed by atoms with Crippen molar-refractivity contribution in [3.63, 3.8) is 0 Å². The van der Waals surface area contributed by atoms with E-state index in [0.29, 0.717) is 16.8 Å². The minimum absolute atomic E-state index is 0.151. The highest BCUT2D eigenvalue weighted by Gasteiger charge is 2.07. The predicted molar refractivity (Wildman–Crippen MR) is 82.2 cm³/mol. The first-order valence-electron chi connectivity index (χ1n) is 6.70. The van der Waals surface area contributed by atoms with Crippen LogP contribution in [0.2, 0.25) is 0 Å². The van der Waals surface area contributed by atoms with Crippen LogP contribution < -0.4 is 15.8 Å². The number of ether oxygens (including phenoxy) is 1. The molecule has 0 radical (unpaired) electrons. The van der Waals surface area contributed by atoms with Crippen molar-refractivity contribution in [2.45, 2.75) is 6.42 Å². The standard InChI is InChI=1S/C16H14N2O4/c1-21-12-5-2-10(3-6-12)8-15(19)17-11-4-7-13-14(9-11)22-16(20)18-13/h2-7,9H,8H2,1H3,(H,17,19)(H,18,20). The number of rotatable bonds is 4. The van der Waals surface area contributed by atoms with Gasteiger partial charge >= 0.3 is 5.76 Å². The second-order valence-corrected chi connectivity index (χ2v) is 4.80. The van der Waals surface area contributed by atoms with Gasteiger partial charge < -0.3 is 14.5 Å². The summed E-state index contributed by atoms with van der Waals surface area (Å²) in [7, 11) is 1.59. The van der Waals surface area contributed by atoms with E-state index in [-0.39, 0.29) is 12.3 Å². The summed E-state index contributed by atoms with van der Waals surface area (Å²) in [6.45, 7) is 0. The second-order valence-electron chi connectivity index (χ2n) is 4.80. The number of H-pyrrole nitrogens is 1. The number of anilines is 1. The lowest BCUT2D eigenvalue weighted by atomic mass is 10.1. The van der Waals surface area contributed by atoms with E-state index in [1.807, 2.05) is 24.3 Å². The van der Waals surface area contributed by atoms with Crippen LogP contribution in [0, 0.1) is 0 Å². The number of oxazole rings is 1. The van der Waals surface area contributed by atoms with Crippen molar-refractivity contribution in [3.05, 3.63) is 58.6 Å². The zero-order chi connectivity index (χ0) is 15.5. The number of hydrogen-bond acceptors (Lipinski definition) is 4. The molecule has 0 aliphatic rings. The van der Waals surface area contributed by atoms with Crippen molar-refractivity contribution < 1.29 is 13.9 Å². The number of nitrogens with one attached hydrogen (secondary N) is 2. The number of amides is 1. The fourth-order valence-electron chi connectivity index (χ4n) is 2.16. The Bertz CT molecular complexity index is 862. The number of aromatic nitrogens is 1. The van der Waals surface area contributed by atoms with Crippen molar-refractivity contribution in [2.75, 3.05) is 12.4 Å². The molecule has 1 heterocycles. The summed E-state index contributed by atoms with van der Waals surface area (Å²) in [6.07, 6.45) is 0.249. The molecular weight excluding hydrogens is 284 g/mol. The van der Waals surface area contributed by atoms with Crippen molar-refractivity contribution in [3.8, 4) is 5.75 Å². The second kappa shape index (κ2) is 5.77. The maximum Gasteiger partial charge on any atom is 0.417 e. The first-order chi connectivity index (χ1) is 10.6. The fourth-order valence-corrected chi connectivity index (χ4v) is 2.16. The molecule has 112 valence electrons. The minimum Gasteiger partial charge on any atom is -0.497 e. The predicted octanol–water partition coefficient (Wildman–Crippen LogP) is 2.31. The summed E-state index contributed by atoms with van der Waals surface area (Å²) < 4.78 is 10.0. The molecule has 0 aliphatic carbocycles. The smallest absolute Gasteiger partial charge is 0.417 e. The maximum absolute atomic E-state index is 12.0. The van der Waals surface area contributed by atoms with Gasteiger partial charge in [0, 0.05) is 11.8 Å². The van der Waals surface area contributed by atoms with Gasteiger partial charge in [-0.15, -0.1) is 0 Å². The van der Waals surface area contributed by atoms with Gasteiger partial charge in [0.05, 0.1) is 19.0 Å². The maximum atomic E-state index is 12.0. The molecule has 0 spiro atoms. The number of hydrogen-bond donors (Lipinski definition) is 2. The average molecular weight is 298 g/mol. The van der Waals surface area contributed by atoms with Crippen LogP contribution in [0.15, 0.2) is 51.7 Å². The Labute approximate surface area is 125 Å². The Balaban J connectivity index is 1.70. The highest BCUT2D eigenvalue weighted by atomic mass is 16.5. The Morgan fingerprint density at radius 2 is 2.00 bits per heavy atom. The summed E-state index contributed by atoms with van der Waals surface area (Å²) >= 11 is 0. The van der Waals surface area contributed by atoms with Crippen LogP contribution in [0.4, 0.5) is 5.69 Å². The Hall–Kier alpha value is -3.02. The molecule has 0 saturated heterocycles. The van der Waals surface area contributed by atoms with Crippen LogP contribution in [0.5, 0.6) is 5.75 Å². The van der Waals surface area contributed by atoms with Crippen molar-refractivity contribution in [2.24, 2.45) is 0 Å². The van der Waals surface area contributed by atoms with E-state index < -0.39 is 5.76 Å². The highest BCUT2D eigenvalue weighted by molar-refractivity contribution is 5.93. The first-order valence-corrected chi connectivity index (χ1v) is 6.70. The van der Waals surface area contributed by atoms with E-state index in [2.05, 4.69) is 10.3 Å². The average Bonchev–Trinajstić information content (AvgIpc) is 2.87. The molecule has 22 heavy (non-hydrogen) atoms. The third kappa shape index (κ3) is 3.01. The number of benzene rings is 2. The highest BCUT2D eigenvalue weighted by Crippen LogP contribution is 2.17. The molecule has 0 unspecified atom stereocenters. The third-order valence-corrected chi connectivity index (χ3v) is 3.23. The molecule has 1 amide bonds. The van der Waals surface area contributed by atoms with Gasteiger partial charge in [0.25, 0.3) is 0 Å². The molecule has 0 atom stereocenters. The fraction of sp³-hybridized carbons (Fsp3) is 0.125. The monoisotopic (exact) mass is 298 g/mol. The van der Waals surface area contributed by atoms with Gasteiger partial charge in [0.2, 0.25) is 5.91 Å². The SMILES string of the molecule is COc1ccc(CC(=O)Nc2ccc3[nH]c(=O)oc3c2)cc1. The molecule has 1 aromatic heterocycles. The summed E-state index contributed by atoms with van der Waals surface area (Å²) in [4.78, 5) is 25.7. The Morgan fingerprint density at radius 1 is 1.23 bits per heavy atom. The number of carbonyl (C=O) groups excluding carboxylic acids is 1. The van der Waals surface area contributed by atoms with Gasteiger partial charge in [-0.25, -0.2) is 4.79 Å². The van der Waals surface area contributed by atoms with Crippen molar-refractivity contribution in [1.29, 1.82) is 0 Å². The molecule has 3 aromatic rings. The normalized spacial score (nSPS) is 10.6. The van der Waals surface area contributed by atoms with Crippen LogP contribution in [-0.2, 0) is 11.2 Å². The van der Waals surface area contributed by atoms with Crippen LogP contribution in [0.3, 0.4) is 0 Å². The van der Waals surface area contributed by atoms with Gasteiger partial charge in [-0.1, -0.05) is 12.1 Å². The zero-order valence-corrected chi connectivity index (χ0v) is 11.9. The number of fused-ring (bicyclic) bond motifs is 1. The minimum atomic E-state index is -0.517. The van der Waals surface area contributed by atoms with E-state index in [0.717, 1.165) is 11.3 Å². The zero-order valence-electron chi connectivity index (χ0n) is 11.9. The van der Waals surface area contributed by atoms with Crippen LogP contribution in [0.1, 0.15) is 5.56 Å². The number of methoxy groups -OCH3 is 1. The van der Waals surface area contributed by atoms with Crippen molar-refractivity contribution in [1.82, 2.24) is 4.98 Å². The summed E-state index contributed by atoms with van der Waals surface area (Å²) in [5, 5.41) is 2.77. The lowest BCUT2D eigenvalue weighted by Gasteiger charge is -2.06. The molecule has 2 N–H and O–H groups in total. The lowest BCUT2D eigenvalue weighted by molar-refractivity contribution is -0.115. The number of aromatic amines is 1. The van der Waals surface area contributed by atoms with Gasteiger partial charge in [-0.05, 0) is 29.8 Å². The van der Waals surface area contributed by atoms with Gasteiger partial charge in [-0.3, -0.25) is 9.78 Å². The molecule has 6 nitrogen and oxygen atoms in total. The number of carbonyl (C=O) groups is 1. The summed E-state index contributed by atoms with van der Waals surface area (Å²) in [6, 6.07) is 12.3. The molecule has 0 bridgehead atoms. The molecular formula is C16H14N2O4. The third-order valence-electron chi connectivity index (χ3n) is 3.23. The topological polar surface area (TPSA) is 84.3 Å². The van der Waals surface area contributed by atoms with E-state index in [1.165, 1.54) is 0 Å². The Kier molecular flexibility index (Phi) is 3.65. The molecule has 2 aromatic carbocycles. The molecule has 0 aliphatic heterocycles. The van der Waals surface area contributed by atoms with Gasteiger partial charge in [-0.2, -0.15) is 0 Å². The van der Waals surface area contributed by atoms with E-state index in [9.17, 15) is 9.59 Å². The Morgan fingerprint density at radius 3 is 2.73 bits per heavy atom.